The van der Waals surface area contributed by atoms with Gasteiger partial charge in [0.25, 0.3) is 0 Å². The third kappa shape index (κ3) is 4.93. The summed E-state index contributed by atoms with van der Waals surface area (Å²) >= 11 is 1.27. The van der Waals surface area contributed by atoms with Crippen molar-refractivity contribution in [3.63, 3.8) is 0 Å². The summed E-state index contributed by atoms with van der Waals surface area (Å²) in [5.74, 6) is 0.513. The van der Waals surface area contributed by atoms with Gasteiger partial charge in [0, 0.05) is 4.90 Å². The Balaban J connectivity index is 1.49. The largest absolute Gasteiger partial charge is 0.508 e. The molecule has 0 saturated heterocycles. The van der Waals surface area contributed by atoms with E-state index in [9.17, 15) is 18.6 Å². The zero-order valence-electron chi connectivity index (χ0n) is 15.8. The molecule has 1 aromatic heterocycles. The lowest BCUT2D eigenvalue weighted by atomic mass is 10.3. The molecule has 0 bridgehead atoms. The first-order valence-corrected chi connectivity index (χ1v) is 11.2. The minimum absolute atomic E-state index is 0.0111. The van der Waals surface area contributed by atoms with E-state index in [0.717, 1.165) is 4.90 Å². The molecule has 0 spiro atoms. The molecule has 0 amide bonds. The molecule has 0 aliphatic rings. The summed E-state index contributed by atoms with van der Waals surface area (Å²) in [6.45, 7) is 0. The van der Waals surface area contributed by atoms with Crippen molar-refractivity contribution in [3.8, 4) is 23.3 Å². The van der Waals surface area contributed by atoms with Gasteiger partial charge < -0.3 is 14.9 Å². The van der Waals surface area contributed by atoms with Crippen LogP contribution < -0.4 is 4.74 Å². The first kappa shape index (κ1) is 20.6. The third-order valence-corrected chi connectivity index (χ3v) is 6.74. The molecule has 3 aromatic carbocycles. The van der Waals surface area contributed by atoms with Crippen molar-refractivity contribution in [2.24, 2.45) is 0 Å². The van der Waals surface area contributed by atoms with Crippen molar-refractivity contribution in [1.29, 1.82) is 0 Å². The topological polar surface area (TPSA) is 123 Å². The highest BCUT2D eigenvalue weighted by Crippen LogP contribution is 2.28. The van der Waals surface area contributed by atoms with E-state index in [1.54, 1.807) is 24.3 Å². The van der Waals surface area contributed by atoms with Gasteiger partial charge in [-0.05, 0) is 84.6 Å². The Bertz CT molecular complexity index is 1290. The van der Waals surface area contributed by atoms with Crippen LogP contribution in [0.2, 0.25) is 0 Å². The number of rotatable bonds is 6. The van der Waals surface area contributed by atoms with Crippen molar-refractivity contribution in [1.82, 2.24) is 15.0 Å². The number of phenols is 2. The molecular formula is C21H15N3O5S2. The lowest BCUT2D eigenvalue weighted by Crippen LogP contribution is -2.01. The number of ether oxygens (including phenoxy) is 1. The molecule has 4 aromatic rings. The molecule has 156 valence electrons. The fourth-order valence-electron chi connectivity index (χ4n) is 2.54. The molecule has 10 heteroatoms. The molecule has 0 saturated carbocycles. The number of sulfone groups is 1. The van der Waals surface area contributed by atoms with Gasteiger partial charge in [-0.25, -0.2) is 13.4 Å². The van der Waals surface area contributed by atoms with Gasteiger partial charge in [0.15, 0.2) is 5.16 Å². The van der Waals surface area contributed by atoms with E-state index < -0.39 is 9.84 Å². The molecule has 4 rings (SSSR count). The summed E-state index contributed by atoms with van der Waals surface area (Å²) in [5, 5.41) is 19.1. The van der Waals surface area contributed by atoms with Crippen molar-refractivity contribution < 1.29 is 23.4 Å². The number of aromatic hydroxyl groups is 2. The van der Waals surface area contributed by atoms with Gasteiger partial charge in [0.1, 0.15) is 23.6 Å². The van der Waals surface area contributed by atoms with Gasteiger partial charge in [0.05, 0.1) is 9.79 Å². The van der Waals surface area contributed by atoms with Crippen molar-refractivity contribution in [2.45, 2.75) is 19.8 Å². The summed E-state index contributed by atoms with van der Waals surface area (Å²) in [6.07, 6.45) is 1.31. The zero-order valence-corrected chi connectivity index (χ0v) is 17.4. The number of benzene rings is 3. The molecule has 0 fully saturated rings. The Morgan fingerprint density at radius 2 is 1.29 bits per heavy atom. The van der Waals surface area contributed by atoms with Crippen LogP contribution >= 0.6 is 11.8 Å². The monoisotopic (exact) mass is 453 g/mol. The van der Waals surface area contributed by atoms with Crippen LogP contribution in [-0.4, -0.2) is 33.6 Å². The Labute approximate surface area is 182 Å². The molecule has 0 radical (unpaired) electrons. The second kappa shape index (κ2) is 8.62. The van der Waals surface area contributed by atoms with E-state index >= 15 is 0 Å². The molecule has 0 aliphatic carbocycles. The van der Waals surface area contributed by atoms with E-state index in [-0.39, 0.29) is 27.3 Å². The fourth-order valence-corrected chi connectivity index (χ4v) is 4.51. The highest BCUT2D eigenvalue weighted by atomic mass is 32.2. The second-order valence-electron chi connectivity index (χ2n) is 6.22. The Morgan fingerprint density at radius 3 is 1.90 bits per heavy atom. The molecular weight excluding hydrogens is 438 g/mol. The number of aromatic nitrogens is 3. The fraction of sp³-hybridized carbons (Fsp3) is 0. The predicted octanol–water partition coefficient (Wildman–Crippen LogP) is 4.06. The van der Waals surface area contributed by atoms with E-state index in [1.165, 1.54) is 66.6 Å². The van der Waals surface area contributed by atoms with Crippen LogP contribution in [0.3, 0.4) is 0 Å². The summed E-state index contributed by atoms with van der Waals surface area (Å²) in [4.78, 5) is 13.3. The Morgan fingerprint density at radius 1 is 0.742 bits per heavy atom. The number of hydrogen-bond acceptors (Lipinski definition) is 9. The molecule has 0 unspecified atom stereocenters. The zero-order chi connectivity index (χ0) is 21.8. The van der Waals surface area contributed by atoms with Gasteiger partial charge in [-0.3, -0.25) is 0 Å². The third-order valence-electron chi connectivity index (χ3n) is 4.06. The van der Waals surface area contributed by atoms with Crippen LogP contribution in [0.4, 0.5) is 0 Å². The van der Waals surface area contributed by atoms with Crippen LogP contribution in [0.1, 0.15) is 0 Å². The average molecular weight is 454 g/mol. The van der Waals surface area contributed by atoms with Crippen LogP contribution in [0.25, 0.3) is 0 Å². The summed E-state index contributed by atoms with van der Waals surface area (Å²) in [6, 6.07) is 17.8. The van der Waals surface area contributed by atoms with Crippen molar-refractivity contribution in [3.05, 3.63) is 79.1 Å². The highest BCUT2D eigenvalue weighted by Gasteiger charge is 2.17. The SMILES string of the molecule is O=S(=O)(c1ccc(O)cc1)c1ccc(Oc2ncnc(Sc3ccc(O)cc3)n2)cc1. The quantitative estimate of drug-likeness (QED) is 0.445. The standard InChI is InChI=1S/C21H15N3O5S2/c25-14-1-7-17(8-2-14)30-21-23-13-22-20(24-21)29-16-5-11-19(12-6-16)31(27,28)18-9-3-15(26)4-10-18/h1-13,25-26H. The maximum absolute atomic E-state index is 12.7. The van der Waals surface area contributed by atoms with E-state index in [4.69, 9.17) is 4.74 Å². The maximum atomic E-state index is 12.7. The molecule has 1 heterocycles. The smallest absolute Gasteiger partial charge is 0.325 e. The van der Waals surface area contributed by atoms with Gasteiger partial charge in [-0.2, -0.15) is 9.97 Å². The maximum Gasteiger partial charge on any atom is 0.325 e. The van der Waals surface area contributed by atoms with Crippen molar-refractivity contribution in [2.75, 3.05) is 0 Å². The molecule has 0 atom stereocenters. The lowest BCUT2D eigenvalue weighted by Gasteiger charge is -2.07. The average Bonchev–Trinajstić information content (AvgIpc) is 2.76. The number of hydrogen-bond donors (Lipinski definition) is 2. The first-order valence-electron chi connectivity index (χ1n) is 8.88. The minimum Gasteiger partial charge on any atom is -0.508 e. The summed E-state index contributed by atoms with van der Waals surface area (Å²) in [7, 11) is -3.72. The normalized spacial score (nSPS) is 11.2. The highest BCUT2D eigenvalue weighted by molar-refractivity contribution is 7.99. The molecule has 31 heavy (non-hydrogen) atoms. The first-order chi connectivity index (χ1) is 14.9. The van der Waals surface area contributed by atoms with E-state index in [1.807, 2.05) is 0 Å². The van der Waals surface area contributed by atoms with Gasteiger partial charge in [-0.1, -0.05) is 0 Å². The predicted molar refractivity (Wildman–Crippen MR) is 112 cm³/mol. The number of phenolic OH excluding ortho intramolecular Hbond substituents is 2. The second-order valence-corrected chi connectivity index (χ2v) is 9.21. The summed E-state index contributed by atoms with van der Waals surface area (Å²) in [5.41, 5.74) is 0. The summed E-state index contributed by atoms with van der Waals surface area (Å²) < 4.78 is 31.0. The lowest BCUT2D eigenvalue weighted by molar-refractivity contribution is 0.432. The molecule has 8 nitrogen and oxygen atoms in total. The van der Waals surface area contributed by atoms with E-state index in [0.29, 0.717) is 10.9 Å². The van der Waals surface area contributed by atoms with E-state index in [2.05, 4.69) is 15.0 Å². The van der Waals surface area contributed by atoms with Gasteiger partial charge in [0.2, 0.25) is 9.84 Å². The van der Waals surface area contributed by atoms with Crippen LogP contribution in [0, 0.1) is 0 Å². The van der Waals surface area contributed by atoms with Crippen LogP contribution in [0.15, 0.2) is 99.0 Å². The van der Waals surface area contributed by atoms with Gasteiger partial charge >= 0.3 is 6.01 Å². The van der Waals surface area contributed by atoms with Crippen LogP contribution in [0.5, 0.6) is 23.3 Å². The Kier molecular flexibility index (Phi) is 5.74. The molecule has 2 N–H and O–H groups in total. The minimum atomic E-state index is -3.72. The number of nitrogens with zero attached hydrogens (tertiary/aromatic N) is 3. The Hall–Kier alpha value is -3.63. The molecule has 0 aliphatic heterocycles. The van der Waals surface area contributed by atoms with Crippen LogP contribution in [-0.2, 0) is 9.84 Å². The van der Waals surface area contributed by atoms with Crippen molar-refractivity contribution >= 4 is 21.6 Å². The van der Waals surface area contributed by atoms with Gasteiger partial charge in [-0.15, -0.1) is 0 Å².